The zero-order chi connectivity index (χ0) is 13.0. The first-order valence-corrected chi connectivity index (χ1v) is 6.10. The van der Waals surface area contributed by atoms with E-state index in [-0.39, 0.29) is 0 Å². The highest BCUT2D eigenvalue weighted by atomic mass is 14.0. The number of benzene rings is 1. The van der Waals surface area contributed by atoms with Crippen molar-refractivity contribution >= 4 is 6.08 Å². The Morgan fingerprint density at radius 1 is 1.00 bits per heavy atom. The lowest BCUT2D eigenvalue weighted by Crippen LogP contribution is -1.81. The van der Waals surface area contributed by atoms with Crippen molar-refractivity contribution in [1.82, 2.24) is 0 Å². The van der Waals surface area contributed by atoms with Crippen LogP contribution in [0.1, 0.15) is 44.4 Å². The maximum absolute atomic E-state index is 3.64. The van der Waals surface area contributed by atoms with Crippen LogP contribution in [0.2, 0.25) is 0 Å². The van der Waals surface area contributed by atoms with Gasteiger partial charge < -0.3 is 0 Å². The standard InChI is InChI=1S/C12H14.2C2H6/c1-4-5-6-12-8-7-10(2)9-11(12)3;2*1-2/h4-9H,1H2,2-3H3;2*1-2H3/b6-5-;;. The van der Waals surface area contributed by atoms with Crippen LogP contribution in [0.5, 0.6) is 0 Å². The molecular formula is C16H26. The molecule has 0 aromatic heterocycles. The van der Waals surface area contributed by atoms with Crippen molar-refractivity contribution in [3.8, 4) is 0 Å². The molecule has 0 amide bonds. The molecule has 16 heavy (non-hydrogen) atoms. The zero-order valence-electron chi connectivity index (χ0n) is 11.7. The zero-order valence-corrected chi connectivity index (χ0v) is 11.7. The van der Waals surface area contributed by atoms with Crippen molar-refractivity contribution in [3.63, 3.8) is 0 Å². The fraction of sp³-hybridized carbons (Fsp3) is 0.375. The van der Waals surface area contributed by atoms with Crippen LogP contribution >= 0.6 is 0 Å². The quantitative estimate of drug-likeness (QED) is 0.570. The third kappa shape index (κ3) is 7.05. The molecule has 0 heteroatoms. The van der Waals surface area contributed by atoms with Crippen LogP contribution in [-0.4, -0.2) is 0 Å². The normalized spacial score (nSPS) is 8.62. The Kier molecular flexibility index (Phi) is 12.6. The molecule has 1 aromatic rings. The molecular weight excluding hydrogens is 192 g/mol. The SMILES string of the molecule is C=C/C=C\c1ccc(C)cc1C.CC.CC. The molecule has 0 saturated heterocycles. The van der Waals surface area contributed by atoms with Gasteiger partial charge in [0.15, 0.2) is 0 Å². The molecule has 0 atom stereocenters. The van der Waals surface area contributed by atoms with E-state index in [1.165, 1.54) is 16.7 Å². The lowest BCUT2D eigenvalue weighted by molar-refractivity contribution is 1.37. The highest BCUT2D eigenvalue weighted by Crippen LogP contribution is 2.11. The highest BCUT2D eigenvalue weighted by Gasteiger charge is 1.92. The maximum Gasteiger partial charge on any atom is -0.0227 e. The Morgan fingerprint density at radius 3 is 2.00 bits per heavy atom. The number of hydrogen-bond donors (Lipinski definition) is 0. The van der Waals surface area contributed by atoms with Gasteiger partial charge in [-0.1, -0.05) is 76.3 Å². The molecule has 0 radical (unpaired) electrons. The average molecular weight is 218 g/mol. The molecule has 0 bridgehead atoms. The van der Waals surface area contributed by atoms with Crippen molar-refractivity contribution in [2.24, 2.45) is 0 Å². The van der Waals surface area contributed by atoms with Crippen LogP contribution in [0.15, 0.2) is 36.9 Å². The molecule has 0 N–H and O–H groups in total. The summed E-state index contributed by atoms with van der Waals surface area (Å²) >= 11 is 0. The number of allylic oxidation sites excluding steroid dienone is 2. The lowest BCUT2D eigenvalue weighted by Gasteiger charge is -2.00. The smallest absolute Gasteiger partial charge is 0.0227 e. The minimum atomic E-state index is 1.26. The molecule has 0 aliphatic heterocycles. The van der Waals surface area contributed by atoms with E-state index in [2.05, 4.69) is 44.7 Å². The van der Waals surface area contributed by atoms with Crippen molar-refractivity contribution in [1.29, 1.82) is 0 Å². The van der Waals surface area contributed by atoms with Crippen molar-refractivity contribution in [2.75, 3.05) is 0 Å². The van der Waals surface area contributed by atoms with Crippen molar-refractivity contribution in [3.05, 3.63) is 53.6 Å². The van der Waals surface area contributed by atoms with Crippen molar-refractivity contribution in [2.45, 2.75) is 41.5 Å². The fourth-order valence-electron chi connectivity index (χ4n) is 1.18. The lowest BCUT2D eigenvalue weighted by atomic mass is 10.1. The largest absolute Gasteiger partial charge is 0.0991 e. The Morgan fingerprint density at radius 2 is 1.56 bits per heavy atom. The van der Waals surface area contributed by atoms with Crippen LogP contribution in [0, 0.1) is 13.8 Å². The molecule has 0 spiro atoms. The molecule has 0 nitrogen and oxygen atoms in total. The van der Waals surface area contributed by atoms with Gasteiger partial charge in [0.25, 0.3) is 0 Å². The Labute approximate surface area is 102 Å². The third-order valence-electron chi connectivity index (χ3n) is 1.84. The first-order chi connectivity index (χ1) is 7.74. The molecule has 0 saturated carbocycles. The van der Waals surface area contributed by atoms with Gasteiger partial charge in [0.1, 0.15) is 0 Å². The van der Waals surface area contributed by atoms with E-state index in [4.69, 9.17) is 0 Å². The van der Waals surface area contributed by atoms with Crippen LogP contribution < -0.4 is 0 Å². The van der Waals surface area contributed by atoms with Crippen LogP contribution in [-0.2, 0) is 0 Å². The van der Waals surface area contributed by atoms with Gasteiger partial charge in [-0.25, -0.2) is 0 Å². The molecule has 0 aliphatic rings. The summed E-state index contributed by atoms with van der Waals surface area (Å²) < 4.78 is 0. The van der Waals surface area contributed by atoms with E-state index in [1.807, 2.05) is 33.8 Å². The molecule has 1 aromatic carbocycles. The van der Waals surface area contributed by atoms with E-state index in [0.717, 1.165) is 0 Å². The first kappa shape index (κ1) is 17.1. The van der Waals surface area contributed by atoms with Gasteiger partial charge in [-0.05, 0) is 25.0 Å². The van der Waals surface area contributed by atoms with E-state index >= 15 is 0 Å². The van der Waals surface area contributed by atoms with Gasteiger partial charge in [-0.3, -0.25) is 0 Å². The fourth-order valence-corrected chi connectivity index (χ4v) is 1.18. The summed E-state index contributed by atoms with van der Waals surface area (Å²) in [6.45, 7) is 15.9. The van der Waals surface area contributed by atoms with Gasteiger partial charge in [0, 0.05) is 0 Å². The molecule has 90 valence electrons. The monoisotopic (exact) mass is 218 g/mol. The third-order valence-corrected chi connectivity index (χ3v) is 1.84. The average Bonchev–Trinajstić information content (AvgIpc) is 2.33. The minimum absolute atomic E-state index is 1.26. The predicted molar refractivity (Wildman–Crippen MR) is 77.8 cm³/mol. The van der Waals surface area contributed by atoms with Crippen molar-refractivity contribution < 1.29 is 0 Å². The molecule has 1 rings (SSSR count). The second-order valence-electron chi connectivity index (χ2n) is 2.95. The summed E-state index contributed by atoms with van der Waals surface area (Å²) in [5.74, 6) is 0. The molecule has 0 fully saturated rings. The number of hydrogen-bond acceptors (Lipinski definition) is 0. The summed E-state index contributed by atoms with van der Waals surface area (Å²) in [5, 5.41) is 0. The van der Waals surface area contributed by atoms with E-state index in [0.29, 0.717) is 0 Å². The first-order valence-electron chi connectivity index (χ1n) is 6.10. The van der Waals surface area contributed by atoms with Crippen LogP contribution in [0.3, 0.4) is 0 Å². The maximum atomic E-state index is 3.64. The molecule has 0 aliphatic carbocycles. The Bertz CT molecular complexity index is 306. The highest BCUT2D eigenvalue weighted by molar-refractivity contribution is 5.55. The van der Waals surface area contributed by atoms with E-state index in [9.17, 15) is 0 Å². The van der Waals surface area contributed by atoms with E-state index in [1.54, 1.807) is 6.08 Å². The van der Waals surface area contributed by atoms with Crippen LogP contribution in [0.25, 0.3) is 6.08 Å². The van der Waals surface area contributed by atoms with E-state index < -0.39 is 0 Å². The molecule has 0 heterocycles. The summed E-state index contributed by atoms with van der Waals surface area (Å²) in [7, 11) is 0. The minimum Gasteiger partial charge on any atom is -0.0991 e. The van der Waals surface area contributed by atoms with Gasteiger partial charge in [-0.15, -0.1) is 0 Å². The van der Waals surface area contributed by atoms with Gasteiger partial charge in [-0.2, -0.15) is 0 Å². The second-order valence-corrected chi connectivity index (χ2v) is 2.95. The summed E-state index contributed by atoms with van der Waals surface area (Å²) in [5.41, 5.74) is 3.89. The summed E-state index contributed by atoms with van der Waals surface area (Å²) in [6, 6.07) is 6.43. The molecule has 0 unspecified atom stereocenters. The summed E-state index contributed by atoms with van der Waals surface area (Å²) in [6.07, 6.45) is 5.82. The Hall–Kier alpha value is -1.30. The summed E-state index contributed by atoms with van der Waals surface area (Å²) in [4.78, 5) is 0. The van der Waals surface area contributed by atoms with Gasteiger partial charge >= 0.3 is 0 Å². The number of rotatable bonds is 2. The Balaban J connectivity index is 0. The van der Waals surface area contributed by atoms with Gasteiger partial charge in [0.05, 0.1) is 0 Å². The number of aryl methyl sites for hydroxylation is 2. The van der Waals surface area contributed by atoms with Crippen LogP contribution in [0.4, 0.5) is 0 Å². The predicted octanol–water partition coefficient (Wildman–Crippen LogP) is 5.56. The second kappa shape index (κ2) is 11.8. The topological polar surface area (TPSA) is 0 Å². The van der Waals surface area contributed by atoms with Gasteiger partial charge in [0.2, 0.25) is 0 Å².